The average Bonchev–Trinajstić information content (AvgIpc) is 0.430. The van der Waals surface area contributed by atoms with E-state index in [1.165, 1.54) is 104 Å². The van der Waals surface area contributed by atoms with Gasteiger partial charge in [-0.2, -0.15) is 0 Å². The van der Waals surface area contributed by atoms with Crippen LogP contribution in [0.4, 0.5) is 0 Å². The van der Waals surface area contributed by atoms with Gasteiger partial charge in [-0.05, 0) is 201 Å². The highest BCUT2D eigenvalue weighted by molar-refractivity contribution is 6.01. The summed E-state index contributed by atoms with van der Waals surface area (Å²) in [5.74, 6) is 5.20. The molecule has 0 aliphatic heterocycles. The molecule has 0 saturated heterocycles. The van der Waals surface area contributed by atoms with Crippen LogP contribution in [0.5, 0.6) is 0 Å². The second kappa shape index (κ2) is 47.5. The van der Waals surface area contributed by atoms with Crippen LogP contribution < -0.4 is 0 Å². The Morgan fingerprint density at radius 2 is 0.447 bits per heavy atom. The lowest BCUT2D eigenvalue weighted by Gasteiger charge is -2.14. The quantitative estimate of drug-likeness (QED) is 0.0819. The monoisotopic (exact) mass is 1940 g/mol. The van der Waals surface area contributed by atoms with Gasteiger partial charge in [0.2, 0.25) is 0 Å². The van der Waals surface area contributed by atoms with Gasteiger partial charge in [0.15, 0.2) is 17.5 Å². The second-order valence-electron chi connectivity index (χ2n) is 39.7. The van der Waals surface area contributed by atoms with Gasteiger partial charge in [0.05, 0.1) is 45.6 Å². The van der Waals surface area contributed by atoms with E-state index in [1.807, 2.05) is 84.9 Å². The molecule has 0 unspecified atom stereocenters. The molecule has 0 aliphatic carbocycles. The molecular weight excluding hydrogens is 1820 g/mol. The van der Waals surface area contributed by atoms with Gasteiger partial charge in [-0.1, -0.05) is 483 Å². The number of aromatic nitrogens is 10. The van der Waals surface area contributed by atoms with Gasteiger partial charge in [0.25, 0.3) is 0 Å². The smallest absolute Gasteiger partial charge is 0.182 e. The van der Waals surface area contributed by atoms with E-state index in [4.69, 9.17) is 29.9 Å². The van der Waals surface area contributed by atoms with Gasteiger partial charge in [-0.15, -0.1) is 0 Å². The minimum Gasteiger partial charge on any atom is -0.253 e. The fourth-order valence-corrected chi connectivity index (χ4v) is 18.6. The summed E-state index contributed by atoms with van der Waals surface area (Å²) >= 11 is 0. The summed E-state index contributed by atoms with van der Waals surface area (Å²) in [5.41, 5.74) is 29.0. The van der Waals surface area contributed by atoms with E-state index in [1.54, 1.807) is 6.20 Å². The van der Waals surface area contributed by atoms with Crippen molar-refractivity contribution in [2.45, 2.75) is 119 Å². The molecule has 0 spiro atoms. The standard InChI is InChI=1S/2C28H23N.C24H21N.C23H20N2.C20H19N.C17H16N4/c1-19(2)27-17-22(25-15-7-11-20-9-3-5-13-23(20)25)18-28(29-27)26-16-8-12-21-10-4-6-14-24(21)26;1-19(2)26-17-27(24-13-11-20-7-3-5-9-22(20)15-24)29-28(18-26)25-14-12-21-8-4-6-10-23(21)16-25;1-17(2)20-15-23(19-10-4-3-5-11-19)25-24(16-20)22-14-8-12-18-9-6-7-13-21(18)22;1-16(2)21-15-22(25-23(24-21)18-10-4-3-5-11-18)20-14-8-12-17-9-6-7-13-19(17)20;1-15(2)18-13-19(16-9-5-3-6-10-16)21-20(14-18)17-11-7-4-8-12-17;1-12(2)15-19-16(13-8-4-3-5-9-13)21-17(20-15)14-10-6-7-11-18-14/h2*3-19H,1-2H3;3-17H,1-2H3;3-16H,1-2H3;3-15H,1-2H3;3-12H,1-2H3. The lowest BCUT2D eigenvalue weighted by Crippen LogP contribution is -2.05. The molecule has 0 aliphatic rings. The molecule has 0 N–H and O–H groups in total. The van der Waals surface area contributed by atoms with Crippen molar-refractivity contribution in [3.05, 3.63) is 519 Å². The van der Waals surface area contributed by atoms with Crippen LogP contribution in [0.1, 0.15) is 152 Å². The van der Waals surface area contributed by atoms with Crippen molar-refractivity contribution in [3.8, 4) is 135 Å². The van der Waals surface area contributed by atoms with E-state index in [0.29, 0.717) is 41.2 Å². The Bertz CT molecular complexity index is 8120. The molecule has 24 aromatic rings. The van der Waals surface area contributed by atoms with Crippen LogP contribution in [0.25, 0.3) is 200 Å². The van der Waals surface area contributed by atoms with Gasteiger partial charge < -0.3 is 0 Å². The molecule has 732 valence electrons. The van der Waals surface area contributed by atoms with Crippen LogP contribution in [-0.2, 0) is 0 Å². The number of hydrogen-bond acceptors (Lipinski definition) is 10. The summed E-state index contributed by atoms with van der Waals surface area (Å²) in [6.45, 7) is 26.3. The minimum absolute atomic E-state index is 0.234. The fourth-order valence-electron chi connectivity index (χ4n) is 18.6. The molecule has 10 heteroatoms. The predicted octanol–water partition coefficient (Wildman–Crippen LogP) is 37.7. The molecule has 0 fully saturated rings. The Morgan fingerprint density at radius 3 is 0.827 bits per heavy atom. The molecule has 17 aromatic carbocycles. The molecule has 10 nitrogen and oxygen atoms in total. The zero-order valence-corrected chi connectivity index (χ0v) is 87.1. The van der Waals surface area contributed by atoms with Crippen molar-refractivity contribution < 1.29 is 0 Å². The van der Waals surface area contributed by atoms with E-state index >= 15 is 0 Å². The van der Waals surface area contributed by atoms with Crippen molar-refractivity contribution in [1.82, 2.24) is 49.8 Å². The molecule has 0 atom stereocenters. The Hall–Kier alpha value is -17.9. The maximum absolute atomic E-state index is 5.07. The summed E-state index contributed by atoms with van der Waals surface area (Å²) in [4.78, 5) is 47.7. The lowest BCUT2D eigenvalue weighted by molar-refractivity contribution is 0.765. The number of rotatable bonds is 18. The number of nitrogens with zero attached hydrogens (tertiary/aromatic N) is 10. The highest BCUT2D eigenvalue weighted by Gasteiger charge is 2.21. The van der Waals surface area contributed by atoms with Crippen LogP contribution in [0.3, 0.4) is 0 Å². The first kappa shape index (κ1) is 101. The Labute approximate surface area is 881 Å². The first-order valence-corrected chi connectivity index (χ1v) is 52.1. The third-order valence-corrected chi connectivity index (χ3v) is 27.0. The number of fused-ring (bicyclic) bond motifs is 6. The molecular formula is C140H122N10. The second-order valence-corrected chi connectivity index (χ2v) is 39.7. The maximum Gasteiger partial charge on any atom is 0.182 e. The van der Waals surface area contributed by atoms with Crippen molar-refractivity contribution in [2.24, 2.45) is 0 Å². The van der Waals surface area contributed by atoms with Crippen molar-refractivity contribution in [2.75, 3.05) is 0 Å². The van der Waals surface area contributed by atoms with E-state index in [9.17, 15) is 0 Å². The van der Waals surface area contributed by atoms with Gasteiger partial charge >= 0.3 is 0 Å². The molecule has 0 saturated carbocycles. The minimum atomic E-state index is 0.234. The van der Waals surface area contributed by atoms with Crippen LogP contribution >= 0.6 is 0 Å². The molecule has 24 rings (SSSR count). The first-order valence-electron chi connectivity index (χ1n) is 52.1. The van der Waals surface area contributed by atoms with E-state index in [2.05, 4.69) is 497 Å². The van der Waals surface area contributed by atoms with Gasteiger partial charge in [-0.3, -0.25) is 9.97 Å². The van der Waals surface area contributed by atoms with Crippen LogP contribution in [0, 0.1) is 0 Å². The summed E-state index contributed by atoms with van der Waals surface area (Å²) < 4.78 is 0. The largest absolute Gasteiger partial charge is 0.253 e. The third-order valence-electron chi connectivity index (χ3n) is 27.0. The Balaban J connectivity index is 0.000000113. The maximum atomic E-state index is 5.07. The van der Waals surface area contributed by atoms with E-state index < -0.39 is 0 Å². The van der Waals surface area contributed by atoms with E-state index in [-0.39, 0.29) is 5.92 Å². The molecule has 150 heavy (non-hydrogen) atoms. The Morgan fingerprint density at radius 1 is 0.147 bits per heavy atom. The summed E-state index contributed by atoms with van der Waals surface area (Å²) in [7, 11) is 0. The predicted molar refractivity (Wildman–Crippen MR) is 631 cm³/mol. The lowest BCUT2D eigenvalue weighted by atomic mass is 9.94. The SMILES string of the molecule is CC(C)c1cc(-c2ccc3ccccc3c2)nc(-c2ccc3ccccc3c2)c1.CC(C)c1cc(-c2cccc3ccccc23)cc(-c2cccc3ccccc23)n1.CC(C)c1cc(-c2cccc3ccccc23)nc(-c2ccccc2)n1.CC(C)c1cc(-c2ccccc2)nc(-c2cccc3ccccc23)c1.CC(C)c1cc(-c2ccccc2)nc(-c2ccccc2)c1.CC(C)c1nc(-c2ccccc2)nc(-c2ccccn2)n1. The van der Waals surface area contributed by atoms with Crippen LogP contribution in [0.2, 0.25) is 0 Å². The number of benzene rings is 17. The molecule has 7 heterocycles. The normalized spacial score (nSPS) is 11.2. The fraction of sp³-hybridized carbons (Fsp3) is 0.129. The van der Waals surface area contributed by atoms with Crippen LogP contribution in [0.15, 0.2) is 485 Å². The summed E-state index contributed by atoms with van der Waals surface area (Å²) in [6, 6.07) is 167. The van der Waals surface area contributed by atoms with Crippen molar-refractivity contribution in [3.63, 3.8) is 0 Å². The molecule has 0 amide bonds. The van der Waals surface area contributed by atoms with Gasteiger partial charge in [0, 0.05) is 79.1 Å². The van der Waals surface area contributed by atoms with Gasteiger partial charge in [0.1, 0.15) is 11.5 Å². The zero-order valence-electron chi connectivity index (χ0n) is 87.1. The topological polar surface area (TPSA) is 129 Å². The molecule has 7 aromatic heterocycles. The van der Waals surface area contributed by atoms with E-state index in [0.717, 1.165) is 119 Å². The average molecular weight is 1940 g/mol. The first-order chi connectivity index (χ1) is 73.3. The highest BCUT2D eigenvalue weighted by atomic mass is 15.0. The molecule has 0 bridgehead atoms. The third kappa shape index (κ3) is 24.4. The van der Waals surface area contributed by atoms with Crippen molar-refractivity contribution in [1.29, 1.82) is 0 Å². The van der Waals surface area contributed by atoms with Crippen LogP contribution in [-0.4, -0.2) is 49.8 Å². The Kier molecular flexibility index (Phi) is 32.0. The molecule has 0 radical (unpaired) electrons. The number of pyridine rings is 5. The summed E-state index contributed by atoms with van der Waals surface area (Å²) in [6.07, 6.45) is 1.75. The van der Waals surface area contributed by atoms with Gasteiger partial charge in [-0.25, -0.2) is 39.9 Å². The summed E-state index contributed by atoms with van der Waals surface area (Å²) in [5, 5.41) is 15.0. The van der Waals surface area contributed by atoms with Crippen molar-refractivity contribution >= 4 is 64.6 Å². The zero-order chi connectivity index (χ0) is 103. The number of hydrogen-bond donors (Lipinski definition) is 0. The highest BCUT2D eigenvalue weighted by Crippen LogP contribution is 2.41.